The van der Waals surface area contributed by atoms with Crippen LogP contribution in [0.5, 0.6) is 0 Å². The number of anilines is 1. The summed E-state index contributed by atoms with van der Waals surface area (Å²) in [6.07, 6.45) is 2.82. The fourth-order valence-electron chi connectivity index (χ4n) is 2.21. The Morgan fingerprint density at radius 1 is 1.33 bits per heavy atom. The molecule has 1 aliphatic rings. The lowest BCUT2D eigenvalue weighted by Gasteiger charge is -2.42. The predicted molar refractivity (Wildman–Crippen MR) is 71.5 cm³/mol. The first-order chi connectivity index (χ1) is 8.53. The molecule has 1 aromatic carbocycles. The lowest BCUT2D eigenvalue weighted by atomic mass is 9.77. The third-order valence-electron chi connectivity index (χ3n) is 3.62. The minimum atomic E-state index is -3.24. The first kappa shape index (κ1) is 13.4. The summed E-state index contributed by atoms with van der Waals surface area (Å²) in [5.41, 5.74) is 0.271. The molecule has 0 saturated heterocycles. The number of rotatable bonds is 5. The third kappa shape index (κ3) is 2.37. The Kier molecular flexibility index (Phi) is 3.64. The van der Waals surface area contributed by atoms with E-state index in [2.05, 4.69) is 5.32 Å². The van der Waals surface area contributed by atoms with Gasteiger partial charge >= 0.3 is 0 Å². The maximum absolute atomic E-state index is 12.0. The Morgan fingerprint density at radius 2 is 2.00 bits per heavy atom. The summed E-state index contributed by atoms with van der Waals surface area (Å²) < 4.78 is 24.0. The summed E-state index contributed by atoms with van der Waals surface area (Å²) in [7, 11) is -3.24. The summed E-state index contributed by atoms with van der Waals surface area (Å²) in [5.74, 6) is 0.0812. The smallest absolute Gasteiger partial charge is 0.180 e. The van der Waals surface area contributed by atoms with E-state index in [1.807, 2.05) is 0 Å². The molecule has 2 rings (SSSR count). The molecule has 1 aromatic rings. The van der Waals surface area contributed by atoms with Gasteiger partial charge in [-0.1, -0.05) is 19.1 Å². The molecule has 0 aliphatic heterocycles. The van der Waals surface area contributed by atoms with Crippen molar-refractivity contribution < 1.29 is 13.5 Å². The molecular weight excluding hydrogens is 250 g/mol. The lowest BCUT2D eigenvalue weighted by Crippen LogP contribution is -2.48. The molecule has 2 N–H and O–H groups in total. The number of nitrogens with one attached hydrogen (secondary N) is 1. The van der Waals surface area contributed by atoms with E-state index in [-0.39, 0.29) is 17.9 Å². The Hall–Kier alpha value is -1.07. The number of aliphatic hydroxyl groups excluding tert-OH is 1. The average Bonchev–Trinajstić information content (AvgIpc) is 2.34. The SMILES string of the molecule is CCS(=O)(=O)c1ccccc1NC1(CO)CCC1. The summed E-state index contributed by atoms with van der Waals surface area (Å²) in [5, 5.41) is 12.7. The third-order valence-corrected chi connectivity index (χ3v) is 5.40. The zero-order chi connectivity index (χ0) is 13.2. The highest BCUT2D eigenvalue weighted by Crippen LogP contribution is 2.36. The van der Waals surface area contributed by atoms with Crippen LogP contribution in [0.15, 0.2) is 29.2 Å². The van der Waals surface area contributed by atoms with Gasteiger partial charge in [-0.2, -0.15) is 0 Å². The number of hydrogen-bond donors (Lipinski definition) is 2. The van der Waals surface area contributed by atoms with Crippen molar-refractivity contribution in [2.24, 2.45) is 0 Å². The molecule has 0 unspecified atom stereocenters. The van der Waals surface area contributed by atoms with E-state index in [0.29, 0.717) is 10.6 Å². The molecule has 1 aliphatic carbocycles. The van der Waals surface area contributed by atoms with Crippen molar-refractivity contribution in [1.29, 1.82) is 0 Å². The summed E-state index contributed by atoms with van der Waals surface area (Å²) >= 11 is 0. The molecule has 0 atom stereocenters. The second kappa shape index (κ2) is 4.90. The van der Waals surface area contributed by atoms with Crippen molar-refractivity contribution in [3.8, 4) is 0 Å². The Morgan fingerprint density at radius 3 is 2.50 bits per heavy atom. The zero-order valence-corrected chi connectivity index (χ0v) is 11.3. The second-order valence-electron chi connectivity index (χ2n) is 4.82. The molecule has 1 fully saturated rings. The van der Waals surface area contributed by atoms with E-state index in [0.717, 1.165) is 19.3 Å². The molecule has 100 valence electrons. The van der Waals surface area contributed by atoms with Crippen molar-refractivity contribution in [2.75, 3.05) is 17.7 Å². The van der Waals surface area contributed by atoms with Gasteiger partial charge in [-0.05, 0) is 31.4 Å². The van der Waals surface area contributed by atoms with Crippen LogP contribution in [-0.4, -0.2) is 31.4 Å². The van der Waals surface area contributed by atoms with Crippen molar-refractivity contribution in [3.05, 3.63) is 24.3 Å². The van der Waals surface area contributed by atoms with Crippen molar-refractivity contribution in [2.45, 2.75) is 36.6 Å². The van der Waals surface area contributed by atoms with Crippen LogP contribution in [0.4, 0.5) is 5.69 Å². The van der Waals surface area contributed by atoms with E-state index in [1.165, 1.54) is 0 Å². The second-order valence-corrected chi connectivity index (χ2v) is 7.06. The molecule has 0 spiro atoms. The van der Waals surface area contributed by atoms with Crippen LogP contribution < -0.4 is 5.32 Å². The first-order valence-corrected chi connectivity index (χ1v) is 7.89. The van der Waals surface area contributed by atoms with Gasteiger partial charge < -0.3 is 10.4 Å². The van der Waals surface area contributed by atoms with E-state index in [9.17, 15) is 13.5 Å². The number of para-hydroxylation sites is 1. The highest BCUT2D eigenvalue weighted by atomic mass is 32.2. The van der Waals surface area contributed by atoms with Gasteiger partial charge in [0.15, 0.2) is 9.84 Å². The topological polar surface area (TPSA) is 66.4 Å². The van der Waals surface area contributed by atoms with Crippen molar-refractivity contribution in [3.63, 3.8) is 0 Å². The van der Waals surface area contributed by atoms with Crippen LogP contribution in [-0.2, 0) is 9.84 Å². The number of aliphatic hydroxyl groups is 1. The fourth-order valence-corrected chi connectivity index (χ4v) is 3.26. The molecule has 0 bridgehead atoms. The van der Waals surface area contributed by atoms with Gasteiger partial charge in [0.1, 0.15) is 0 Å². The predicted octanol–water partition coefficient (Wildman–Crippen LogP) is 1.81. The van der Waals surface area contributed by atoms with Gasteiger partial charge in [0.05, 0.1) is 28.5 Å². The minimum Gasteiger partial charge on any atom is -0.394 e. The zero-order valence-electron chi connectivity index (χ0n) is 10.5. The quantitative estimate of drug-likeness (QED) is 0.855. The molecular formula is C13H19NO3S. The van der Waals surface area contributed by atoms with Gasteiger partial charge in [-0.15, -0.1) is 0 Å². The van der Waals surface area contributed by atoms with Crippen molar-refractivity contribution in [1.82, 2.24) is 0 Å². The Bertz CT molecular complexity index is 515. The largest absolute Gasteiger partial charge is 0.394 e. The number of sulfone groups is 1. The van der Waals surface area contributed by atoms with E-state index in [1.54, 1.807) is 31.2 Å². The van der Waals surface area contributed by atoms with E-state index >= 15 is 0 Å². The minimum absolute atomic E-state index is 0.0352. The number of hydrogen-bond acceptors (Lipinski definition) is 4. The highest BCUT2D eigenvalue weighted by molar-refractivity contribution is 7.91. The van der Waals surface area contributed by atoms with E-state index in [4.69, 9.17) is 0 Å². The van der Waals surface area contributed by atoms with Crippen molar-refractivity contribution >= 4 is 15.5 Å². The standard InChI is InChI=1S/C13H19NO3S/c1-2-18(16,17)12-7-4-3-6-11(12)14-13(10-15)8-5-9-13/h3-4,6-7,14-15H,2,5,8-10H2,1H3. The lowest BCUT2D eigenvalue weighted by molar-refractivity contribution is 0.144. The van der Waals surface area contributed by atoms with Gasteiger partial charge in [0.2, 0.25) is 0 Å². The maximum atomic E-state index is 12.0. The van der Waals surface area contributed by atoms with E-state index < -0.39 is 9.84 Å². The van der Waals surface area contributed by atoms with Gasteiger partial charge in [-0.25, -0.2) is 8.42 Å². The van der Waals surface area contributed by atoms with Gasteiger partial charge in [-0.3, -0.25) is 0 Å². The summed E-state index contributed by atoms with van der Waals surface area (Å²) in [6.45, 7) is 1.67. The Labute approximate surface area is 108 Å². The average molecular weight is 269 g/mol. The van der Waals surface area contributed by atoms with Crippen LogP contribution in [0.3, 0.4) is 0 Å². The molecule has 5 heteroatoms. The van der Waals surface area contributed by atoms with Crippen LogP contribution in [0.2, 0.25) is 0 Å². The monoisotopic (exact) mass is 269 g/mol. The van der Waals surface area contributed by atoms with Crippen LogP contribution in [0, 0.1) is 0 Å². The highest BCUT2D eigenvalue weighted by Gasteiger charge is 2.37. The van der Waals surface area contributed by atoms with Crippen LogP contribution >= 0.6 is 0 Å². The maximum Gasteiger partial charge on any atom is 0.180 e. The normalized spacial score (nSPS) is 18.1. The fraction of sp³-hybridized carbons (Fsp3) is 0.538. The molecule has 0 aromatic heterocycles. The van der Waals surface area contributed by atoms with Gasteiger partial charge in [0, 0.05) is 0 Å². The molecule has 0 amide bonds. The molecule has 0 radical (unpaired) electrons. The number of benzene rings is 1. The molecule has 4 nitrogen and oxygen atoms in total. The van der Waals surface area contributed by atoms with Crippen LogP contribution in [0.1, 0.15) is 26.2 Å². The molecule has 0 heterocycles. The Balaban J connectivity index is 2.34. The summed E-state index contributed by atoms with van der Waals surface area (Å²) in [6, 6.07) is 6.91. The van der Waals surface area contributed by atoms with Crippen LogP contribution in [0.25, 0.3) is 0 Å². The summed E-state index contributed by atoms with van der Waals surface area (Å²) in [4.78, 5) is 0.326. The molecule has 1 saturated carbocycles. The first-order valence-electron chi connectivity index (χ1n) is 6.24. The molecule has 18 heavy (non-hydrogen) atoms. The van der Waals surface area contributed by atoms with Gasteiger partial charge in [0.25, 0.3) is 0 Å².